The molecule has 1 unspecified atom stereocenters. The summed E-state index contributed by atoms with van der Waals surface area (Å²) in [4.78, 5) is 18.6. The Kier molecular flexibility index (Phi) is 3.04. The van der Waals surface area contributed by atoms with E-state index in [4.69, 9.17) is 0 Å². The van der Waals surface area contributed by atoms with Crippen LogP contribution < -0.4 is 10.2 Å². The van der Waals surface area contributed by atoms with Gasteiger partial charge in [0.2, 0.25) is 5.91 Å². The van der Waals surface area contributed by atoms with Crippen LogP contribution in [-0.2, 0) is 4.79 Å². The van der Waals surface area contributed by atoms with E-state index >= 15 is 0 Å². The van der Waals surface area contributed by atoms with Crippen molar-refractivity contribution in [1.82, 2.24) is 10.3 Å². The Morgan fingerprint density at radius 2 is 2.17 bits per heavy atom. The zero-order valence-electron chi connectivity index (χ0n) is 10.7. The highest BCUT2D eigenvalue weighted by Crippen LogP contribution is 2.24. The van der Waals surface area contributed by atoms with Crippen molar-refractivity contribution in [2.75, 3.05) is 11.4 Å². The molecule has 2 fully saturated rings. The number of carbonyl (C=O) groups is 1. The Hall–Kier alpha value is -1.42. The molecule has 4 heteroatoms. The minimum atomic E-state index is 0.00699. The van der Waals surface area contributed by atoms with Crippen LogP contribution in [0.25, 0.3) is 0 Å². The highest BCUT2D eigenvalue weighted by Gasteiger charge is 2.33. The van der Waals surface area contributed by atoms with Crippen LogP contribution in [0.4, 0.5) is 5.69 Å². The Morgan fingerprint density at radius 3 is 2.83 bits per heavy atom. The number of nitrogens with zero attached hydrogens (tertiary/aromatic N) is 2. The second-order valence-electron chi connectivity index (χ2n) is 5.28. The van der Waals surface area contributed by atoms with Gasteiger partial charge in [-0.1, -0.05) is 0 Å². The van der Waals surface area contributed by atoms with E-state index in [0.717, 1.165) is 30.8 Å². The number of amides is 1. The van der Waals surface area contributed by atoms with E-state index < -0.39 is 0 Å². The SMILES string of the molecule is Cc1ccc(N2CCCC(NC3CC3)C2=O)cn1. The van der Waals surface area contributed by atoms with E-state index in [1.165, 1.54) is 12.8 Å². The van der Waals surface area contributed by atoms with E-state index in [2.05, 4.69) is 10.3 Å². The maximum atomic E-state index is 12.4. The summed E-state index contributed by atoms with van der Waals surface area (Å²) < 4.78 is 0. The predicted molar refractivity (Wildman–Crippen MR) is 70.5 cm³/mol. The van der Waals surface area contributed by atoms with Gasteiger partial charge in [0.15, 0.2) is 0 Å². The van der Waals surface area contributed by atoms with Gasteiger partial charge in [-0.3, -0.25) is 9.78 Å². The Bertz CT molecular complexity index is 439. The number of aromatic nitrogens is 1. The van der Waals surface area contributed by atoms with Gasteiger partial charge in [-0.2, -0.15) is 0 Å². The summed E-state index contributed by atoms with van der Waals surface area (Å²) >= 11 is 0. The molecule has 0 spiro atoms. The van der Waals surface area contributed by atoms with Crippen molar-refractivity contribution >= 4 is 11.6 Å². The van der Waals surface area contributed by atoms with Crippen LogP contribution in [0.1, 0.15) is 31.4 Å². The third kappa shape index (κ3) is 2.38. The Morgan fingerprint density at radius 1 is 1.33 bits per heavy atom. The first-order valence-electron chi connectivity index (χ1n) is 6.74. The number of aryl methyl sites for hydroxylation is 1. The zero-order chi connectivity index (χ0) is 12.5. The summed E-state index contributed by atoms with van der Waals surface area (Å²) in [6.45, 7) is 2.77. The lowest BCUT2D eigenvalue weighted by Gasteiger charge is -2.32. The number of rotatable bonds is 3. The number of carbonyl (C=O) groups excluding carboxylic acids is 1. The number of hydrogen-bond acceptors (Lipinski definition) is 3. The molecule has 3 rings (SSSR count). The summed E-state index contributed by atoms with van der Waals surface area (Å²) in [6, 6.07) is 4.53. The average molecular weight is 245 g/mol. The van der Waals surface area contributed by atoms with Gasteiger partial charge in [0, 0.05) is 18.3 Å². The maximum absolute atomic E-state index is 12.4. The lowest BCUT2D eigenvalue weighted by Crippen LogP contribution is -2.51. The van der Waals surface area contributed by atoms with Crippen LogP contribution in [0.2, 0.25) is 0 Å². The molecule has 1 aromatic rings. The lowest BCUT2D eigenvalue weighted by molar-refractivity contribution is -0.121. The van der Waals surface area contributed by atoms with Crippen LogP contribution in [0, 0.1) is 6.92 Å². The number of pyridine rings is 1. The molecule has 1 aromatic heterocycles. The molecule has 2 heterocycles. The number of anilines is 1. The quantitative estimate of drug-likeness (QED) is 0.880. The fourth-order valence-electron chi connectivity index (χ4n) is 2.44. The van der Waals surface area contributed by atoms with E-state index in [1.54, 1.807) is 6.20 Å². The van der Waals surface area contributed by atoms with Gasteiger partial charge in [-0.15, -0.1) is 0 Å². The molecule has 1 saturated heterocycles. The van der Waals surface area contributed by atoms with Crippen molar-refractivity contribution < 1.29 is 4.79 Å². The van der Waals surface area contributed by atoms with Crippen LogP contribution in [-0.4, -0.2) is 29.5 Å². The average Bonchev–Trinajstić information content (AvgIpc) is 3.17. The molecule has 2 aliphatic rings. The molecule has 4 nitrogen and oxygen atoms in total. The first-order valence-corrected chi connectivity index (χ1v) is 6.74. The molecule has 1 saturated carbocycles. The van der Waals surface area contributed by atoms with Crippen molar-refractivity contribution in [2.45, 2.75) is 44.7 Å². The summed E-state index contributed by atoms with van der Waals surface area (Å²) in [7, 11) is 0. The van der Waals surface area contributed by atoms with Gasteiger partial charge in [0.25, 0.3) is 0 Å². The number of nitrogens with one attached hydrogen (secondary N) is 1. The van der Waals surface area contributed by atoms with Crippen molar-refractivity contribution in [3.05, 3.63) is 24.0 Å². The number of piperidine rings is 1. The molecule has 1 aliphatic carbocycles. The minimum Gasteiger partial charge on any atom is -0.310 e. The van der Waals surface area contributed by atoms with Crippen molar-refractivity contribution in [2.24, 2.45) is 0 Å². The van der Waals surface area contributed by atoms with E-state index in [0.29, 0.717) is 6.04 Å². The van der Waals surface area contributed by atoms with Crippen molar-refractivity contribution in [1.29, 1.82) is 0 Å². The second kappa shape index (κ2) is 4.69. The van der Waals surface area contributed by atoms with E-state index in [1.807, 2.05) is 24.0 Å². The molecule has 0 bridgehead atoms. The molecule has 18 heavy (non-hydrogen) atoms. The van der Waals surface area contributed by atoms with Gasteiger partial charge in [0.05, 0.1) is 17.9 Å². The van der Waals surface area contributed by atoms with E-state index in [-0.39, 0.29) is 11.9 Å². The highest BCUT2D eigenvalue weighted by atomic mass is 16.2. The second-order valence-corrected chi connectivity index (χ2v) is 5.28. The number of hydrogen-bond donors (Lipinski definition) is 1. The summed E-state index contributed by atoms with van der Waals surface area (Å²) in [6.07, 6.45) is 6.26. The highest BCUT2D eigenvalue weighted by molar-refractivity contribution is 5.97. The topological polar surface area (TPSA) is 45.2 Å². The first-order chi connectivity index (χ1) is 8.74. The van der Waals surface area contributed by atoms with Gasteiger partial charge < -0.3 is 10.2 Å². The van der Waals surface area contributed by atoms with Gasteiger partial charge in [-0.25, -0.2) is 0 Å². The Labute approximate surface area is 107 Å². The zero-order valence-corrected chi connectivity index (χ0v) is 10.7. The molecule has 1 amide bonds. The van der Waals surface area contributed by atoms with Crippen LogP contribution in [0.3, 0.4) is 0 Å². The molecule has 0 aromatic carbocycles. The van der Waals surface area contributed by atoms with Gasteiger partial charge in [-0.05, 0) is 44.7 Å². The summed E-state index contributed by atoms with van der Waals surface area (Å²) in [5.74, 6) is 0.207. The smallest absolute Gasteiger partial charge is 0.244 e. The van der Waals surface area contributed by atoms with Crippen molar-refractivity contribution in [3.63, 3.8) is 0 Å². The predicted octanol–water partition coefficient (Wildman–Crippen LogP) is 1.64. The third-order valence-electron chi connectivity index (χ3n) is 3.66. The fourth-order valence-corrected chi connectivity index (χ4v) is 2.44. The minimum absolute atomic E-state index is 0.00699. The molecule has 0 radical (unpaired) electrons. The molecule has 1 atom stereocenters. The van der Waals surface area contributed by atoms with Crippen LogP contribution >= 0.6 is 0 Å². The maximum Gasteiger partial charge on any atom is 0.244 e. The fraction of sp³-hybridized carbons (Fsp3) is 0.571. The summed E-state index contributed by atoms with van der Waals surface area (Å²) in [5.41, 5.74) is 1.91. The summed E-state index contributed by atoms with van der Waals surface area (Å²) in [5, 5.41) is 3.44. The molecular formula is C14H19N3O. The third-order valence-corrected chi connectivity index (χ3v) is 3.66. The first kappa shape index (κ1) is 11.7. The molecule has 96 valence electrons. The molecule has 1 N–H and O–H groups in total. The van der Waals surface area contributed by atoms with Crippen LogP contribution in [0.15, 0.2) is 18.3 Å². The van der Waals surface area contributed by atoms with Gasteiger partial charge >= 0.3 is 0 Å². The molecule has 1 aliphatic heterocycles. The molecular weight excluding hydrogens is 226 g/mol. The van der Waals surface area contributed by atoms with E-state index in [9.17, 15) is 4.79 Å². The monoisotopic (exact) mass is 245 g/mol. The standard InChI is InChI=1S/C14H19N3O/c1-10-4-7-12(9-15-10)17-8-2-3-13(14(17)18)16-11-5-6-11/h4,7,9,11,13,16H,2-3,5-6,8H2,1H3. The van der Waals surface area contributed by atoms with Crippen LogP contribution in [0.5, 0.6) is 0 Å². The Balaban J connectivity index is 1.74. The lowest BCUT2D eigenvalue weighted by atomic mass is 10.0. The normalized spacial score (nSPS) is 24.4. The largest absolute Gasteiger partial charge is 0.310 e. The van der Waals surface area contributed by atoms with Crippen molar-refractivity contribution in [3.8, 4) is 0 Å². The van der Waals surface area contributed by atoms with Gasteiger partial charge in [0.1, 0.15) is 0 Å².